The van der Waals surface area contributed by atoms with Crippen molar-refractivity contribution in [2.24, 2.45) is 0 Å². The van der Waals surface area contributed by atoms with E-state index in [2.05, 4.69) is 29.4 Å². The lowest BCUT2D eigenvalue weighted by Gasteiger charge is -2.30. The van der Waals surface area contributed by atoms with Gasteiger partial charge in [0.05, 0.1) is 20.3 Å². The van der Waals surface area contributed by atoms with Gasteiger partial charge in [-0.25, -0.2) is 4.79 Å². The summed E-state index contributed by atoms with van der Waals surface area (Å²) in [7, 11) is 5.27. The molecule has 1 saturated heterocycles. The zero-order valence-electron chi connectivity index (χ0n) is 17.1. The maximum Gasteiger partial charge on any atom is 0.322 e. The minimum atomic E-state index is -0.0701. The number of rotatable bonds is 6. The number of para-hydroxylation sites is 1. The number of benzene rings is 2. The Bertz CT molecular complexity index is 810. The van der Waals surface area contributed by atoms with Crippen molar-refractivity contribution in [1.29, 1.82) is 0 Å². The topological polar surface area (TPSA) is 54.0 Å². The highest BCUT2D eigenvalue weighted by molar-refractivity contribution is 5.91. The third-order valence-corrected chi connectivity index (χ3v) is 5.29. The summed E-state index contributed by atoms with van der Waals surface area (Å²) in [5.41, 5.74) is 2.83. The molecule has 2 aromatic carbocycles. The summed E-state index contributed by atoms with van der Waals surface area (Å²) in [6.45, 7) is 3.52. The van der Waals surface area contributed by atoms with Gasteiger partial charge in [0.1, 0.15) is 0 Å². The molecule has 150 valence electrons. The van der Waals surface area contributed by atoms with E-state index in [1.165, 1.54) is 0 Å². The molecule has 1 aliphatic rings. The molecule has 2 amide bonds. The summed E-state index contributed by atoms with van der Waals surface area (Å²) >= 11 is 0. The molecular weight excluding hydrogens is 354 g/mol. The van der Waals surface area contributed by atoms with Crippen molar-refractivity contribution >= 4 is 17.4 Å². The zero-order valence-corrected chi connectivity index (χ0v) is 17.1. The van der Waals surface area contributed by atoms with Gasteiger partial charge in [-0.05, 0) is 43.5 Å². The van der Waals surface area contributed by atoms with E-state index < -0.39 is 0 Å². The number of likely N-dealkylation sites (N-methyl/N-ethyl adjacent to an activating group) is 1. The molecule has 0 bridgehead atoms. The molecule has 2 aromatic rings. The Morgan fingerprint density at radius 2 is 1.86 bits per heavy atom. The number of nitrogens with one attached hydrogen (secondary N) is 1. The van der Waals surface area contributed by atoms with Crippen molar-refractivity contribution in [3.05, 3.63) is 48.0 Å². The number of anilines is 2. The van der Waals surface area contributed by atoms with Crippen LogP contribution in [0.15, 0.2) is 42.5 Å². The Kier molecular flexibility index (Phi) is 6.29. The first-order valence-electron chi connectivity index (χ1n) is 9.60. The van der Waals surface area contributed by atoms with Gasteiger partial charge in [-0.2, -0.15) is 0 Å². The number of aryl methyl sites for hydroxylation is 1. The molecule has 0 spiro atoms. The number of urea groups is 1. The van der Waals surface area contributed by atoms with Crippen molar-refractivity contribution in [3.8, 4) is 11.5 Å². The van der Waals surface area contributed by atoms with Crippen LogP contribution in [-0.2, 0) is 0 Å². The number of ether oxygens (including phenoxy) is 2. The average molecular weight is 383 g/mol. The molecule has 1 N–H and O–H groups in total. The zero-order chi connectivity index (χ0) is 20.1. The van der Waals surface area contributed by atoms with E-state index in [0.717, 1.165) is 42.9 Å². The molecular formula is C22H29N3O3. The molecule has 1 fully saturated rings. The minimum absolute atomic E-state index is 0.0701. The summed E-state index contributed by atoms with van der Waals surface area (Å²) in [6, 6.07) is 14.1. The summed E-state index contributed by atoms with van der Waals surface area (Å²) in [5, 5.41) is 3.05. The second-order valence-electron chi connectivity index (χ2n) is 7.16. The molecule has 28 heavy (non-hydrogen) atoms. The molecule has 0 unspecified atom stereocenters. The predicted molar refractivity (Wildman–Crippen MR) is 113 cm³/mol. The van der Waals surface area contributed by atoms with Gasteiger partial charge in [-0.15, -0.1) is 0 Å². The monoisotopic (exact) mass is 383 g/mol. The fourth-order valence-electron chi connectivity index (χ4n) is 3.70. The summed E-state index contributed by atoms with van der Waals surface area (Å²) in [4.78, 5) is 17.1. The number of hydrogen-bond acceptors (Lipinski definition) is 4. The number of methoxy groups -OCH3 is 2. The van der Waals surface area contributed by atoms with Crippen LogP contribution >= 0.6 is 0 Å². The summed E-state index contributed by atoms with van der Waals surface area (Å²) in [5.74, 6) is 1.26. The Balaban J connectivity index is 1.70. The number of carbonyl (C=O) groups excluding carboxylic acids is 1. The molecule has 6 nitrogen and oxygen atoms in total. The van der Waals surface area contributed by atoms with E-state index in [-0.39, 0.29) is 12.1 Å². The fraction of sp³-hybridized carbons (Fsp3) is 0.409. The van der Waals surface area contributed by atoms with Crippen LogP contribution < -0.4 is 19.7 Å². The molecule has 0 aliphatic carbocycles. The van der Waals surface area contributed by atoms with E-state index in [0.29, 0.717) is 11.5 Å². The van der Waals surface area contributed by atoms with Gasteiger partial charge in [0.2, 0.25) is 0 Å². The van der Waals surface area contributed by atoms with Gasteiger partial charge >= 0.3 is 6.03 Å². The second-order valence-corrected chi connectivity index (χ2v) is 7.16. The predicted octanol–water partition coefficient (Wildman–Crippen LogP) is 4.14. The van der Waals surface area contributed by atoms with Crippen molar-refractivity contribution in [3.63, 3.8) is 0 Å². The molecule has 0 aromatic heterocycles. The number of likely N-dealkylation sites (tertiary alicyclic amines) is 1. The largest absolute Gasteiger partial charge is 0.493 e. The van der Waals surface area contributed by atoms with Crippen molar-refractivity contribution < 1.29 is 14.3 Å². The highest BCUT2D eigenvalue weighted by Gasteiger charge is 2.30. The minimum Gasteiger partial charge on any atom is -0.493 e. The molecule has 0 radical (unpaired) electrons. The molecule has 1 aliphatic heterocycles. The van der Waals surface area contributed by atoms with Crippen LogP contribution in [0.5, 0.6) is 11.5 Å². The van der Waals surface area contributed by atoms with Gasteiger partial charge < -0.3 is 24.6 Å². The summed E-state index contributed by atoms with van der Waals surface area (Å²) < 4.78 is 10.7. The Morgan fingerprint density at radius 3 is 2.54 bits per heavy atom. The molecule has 1 heterocycles. The average Bonchev–Trinajstić information content (AvgIpc) is 3.18. The highest BCUT2D eigenvalue weighted by Crippen LogP contribution is 2.33. The van der Waals surface area contributed by atoms with E-state index in [1.807, 2.05) is 42.2 Å². The van der Waals surface area contributed by atoms with Gasteiger partial charge in [0.25, 0.3) is 0 Å². The quantitative estimate of drug-likeness (QED) is 0.814. The number of hydrogen-bond donors (Lipinski definition) is 1. The van der Waals surface area contributed by atoms with Crippen molar-refractivity contribution in [1.82, 2.24) is 4.90 Å². The van der Waals surface area contributed by atoms with Crippen LogP contribution in [0.1, 0.15) is 18.4 Å². The van der Waals surface area contributed by atoms with Gasteiger partial charge in [-0.1, -0.05) is 18.2 Å². The Labute approximate surface area is 167 Å². The van der Waals surface area contributed by atoms with Crippen LogP contribution in [0.2, 0.25) is 0 Å². The fourth-order valence-corrected chi connectivity index (χ4v) is 3.70. The Morgan fingerprint density at radius 1 is 1.18 bits per heavy atom. The molecule has 1 atom stereocenters. The van der Waals surface area contributed by atoms with E-state index >= 15 is 0 Å². The third kappa shape index (κ3) is 4.32. The Hall–Kier alpha value is -2.89. The van der Waals surface area contributed by atoms with E-state index in [9.17, 15) is 4.79 Å². The lowest BCUT2D eigenvalue weighted by Crippen LogP contribution is -2.44. The van der Waals surface area contributed by atoms with Crippen LogP contribution in [0.3, 0.4) is 0 Å². The molecule has 3 rings (SSSR count). The second kappa shape index (κ2) is 8.87. The first kappa shape index (κ1) is 19.9. The summed E-state index contributed by atoms with van der Waals surface area (Å²) in [6.07, 6.45) is 2.03. The van der Waals surface area contributed by atoms with Gasteiger partial charge in [-0.3, -0.25) is 0 Å². The van der Waals surface area contributed by atoms with Crippen LogP contribution in [0, 0.1) is 6.92 Å². The lowest BCUT2D eigenvalue weighted by molar-refractivity contribution is 0.207. The van der Waals surface area contributed by atoms with Gasteiger partial charge in [0.15, 0.2) is 11.5 Å². The highest BCUT2D eigenvalue weighted by atomic mass is 16.5. The normalized spacial score (nSPS) is 16.0. The first-order chi connectivity index (χ1) is 13.5. The standard InChI is InChI=1S/C22H29N3O3/c1-16-13-20(27-3)21(28-4)14-19(16)23-22(26)25-12-8-11-18(25)15-24(2)17-9-6-5-7-10-17/h5-7,9-10,13-14,18H,8,11-12,15H2,1-4H3,(H,23,26)/t18-/m0/s1. The molecule has 6 heteroatoms. The van der Waals surface area contributed by atoms with E-state index in [4.69, 9.17) is 9.47 Å². The van der Waals surface area contributed by atoms with Crippen LogP contribution in [-0.4, -0.2) is 51.3 Å². The first-order valence-corrected chi connectivity index (χ1v) is 9.60. The van der Waals surface area contributed by atoms with Crippen molar-refractivity contribution in [2.45, 2.75) is 25.8 Å². The lowest BCUT2D eigenvalue weighted by atomic mass is 10.1. The molecule has 0 saturated carbocycles. The number of carbonyl (C=O) groups is 1. The van der Waals surface area contributed by atoms with Crippen LogP contribution in [0.4, 0.5) is 16.2 Å². The number of nitrogens with zero attached hydrogens (tertiary/aromatic N) is 2. The van der Waals surface area contributed by atoms with E-state index in [1.54, 1.807) is 14.2 Å². The third-order valence-electron chi connectivity index (χ3n) is 5.29. The SMILES string of the molecule is COc1cc(C)c(NC(=O)N2CCC[C@H]2CN(C)c2ccccc2)cc1OC. The number of amides is 2. The van der Waals surface area contributed by atoms with Crippen LogP contribution in [0.25, 0.3) is 0 Å². The smallest absolute Gasteiger partial charge is 0.322 e. The maximum absolute atomic E-state index is 13.0. The van der Waals surface area contributed by atoms with Crippen molar-refractivity contribution in [2.75, 3.05) is 44.6 Å². The maximum atomic E-state index is 13.0. The van der Waals surface area contributed by atoms with Gasteiger partial charge in [0, 0.05) is 37.6 Å².